The summed E-state index contributed by atoms with van der Waals surface area (Å²) in [4.78, 5) is 15.5. The van der Waals surface area contributed by atoms with Crippen molar-refractivity contribution in [2.75, 3.05) is 6.54 Å². The van der Waals surface area contributed by atoms with Gasteiger partial charge in [0.05, 0.1) is 6.04 Å². The molecule has 5 nitrogen and oxygen atoms in total. The maximum Gasteiger partial charge on any atom is 0.185 e. The van der Waals surface area contributed by atoms with Crippen molar-refractivity contribution >= 4 is 11.7 Å². The van der Waals surface area contributed by atoms with Gasteiger partial charge in [0.1, 0.15) is 0 Å². The fraction of sp³-hybridized carbons (Fsp3) is 0.800. The van der Waals surface area contributed by atoms with Crippen LogP contribution in [0.4, 0.5) is 0 Å². The van der Waals surface area contributed by atoms with Crippen LogP contribution < -0.4 is 17.2 Å². The summed E-state index contributed by atoms with van der Waals surface area (Å²) in [5, 5.41) is 0. The van der Waals surface area contributed by atoms with Gasteiger partial charge < -0.3 is 17.2 Å². The summed E-state index contributed by atoms with van der Waals surface area (Å²) in [7, 11) is 0. The molecule has 0 aliphatic heterocycles. The van der Waals surface area contributed by atoms with Crippen molar-refractivity contribution in [3.63, 3.8) is 0 Å². The van der Waals surface area contributed by atoms with Gasteiger partial charge in [0.15, 0.2) is 11.7 Å². The predicted molar refractivity (Wildman–Crippen MR) is 62.3 cm³/mol. The molecule has 15 heavy (non-hydrogen) atoms. The summed E-state index contributed by atoms with van der Waals surface area (Å²) in [6.07, 6.45) is 1.34. The number of guanidine groups is 1. The van der Waals surface area contributed by atoms with Gasteiger partial charge in [-0.15, -0.1) is 0 Å². The average molecular weight is 214 g/mol. The van der Waals surface area contributed by atoms with Gasteiger partial charge >= 0.3 is 0 Å². The summed E-state index contributed by atoms with van der Waals surface area (Å²) in [5.74, 6) is 0.151. The number of Topliss-reactive ketones (excluding diaryl/α,β-unsaturated/α-hetero) is 1. The van der Waals surface area contributed by atoms with Crippen LogP contribution in [-0.4, -0.2) is 24.3 Å². The zero-order valence-electron chi connectivity index (χ0n) is 9.79. The fourth-order valence-electron chi connectivity index (χ4n) is 1.21. The molecule has 0 spiro atoms. The normalized spacial score (nSPS) is 13.3. The van der Waals surface area contributed by atoms with Crippen LogP contribution in [0.3, 0.4) is 0 Å². The Balaban J connectivity index is 3.90. The van der Waals surface area contributed by atoms with E-state index in [1.165, 1.54) is 0 Å². The lowest BCUT2D eigenvalue weighted by Gasteiger charge is -2.21. The van der Waals surface area contributed by atoms with Crippen molar-refractivity contribution in [3.8, 4) is 0 Å². The molecule has 0 amide bonds. The van der Waals surface area contributed by atoms with Gasteiger partial charge in [0, 0.05) is 12.0 Å². The molecule has 0 fully saturated rings. The molecule has 1 atom stereocenters. The Morgan fingerprint density at radius 1 is 1.33 bits per heavy atom. The molecule has 0 rings (SSSR count). The van der Waals surface area contributed by atoms with Crippen molar-refractivity contribution in [2.24, 2.45) is 27.6 Å². The molecule has 0 radical (unpaired) electrons. The molecular weight excluding hydrogens is 192 g/mol. The Morgan fingerprint density at radius 3 is 2.27 bits per heavy atom. The summed E-state index contributed by atoms with van der Waals surface area (Å²) < 4.78 is 0. The lowest BCUT2D eigenvalue weighted by Crippen LogP contribution is -2.38. The van der Waals surface area contributed by atoms with Gasteiger partial charge in [-0.05, 0) is 12.8 Å². The molecule has 0 saturated carbocycles. The summed E-state index contributed by atoms with van der Waals surface area (Å²) in [5.41, 5.74) is 15.7. The Morgan fingerprint density at radius 2 is 1.87 bits per heavy atom. The highest BCUT2D eigenvalue weighted by atomic mass is 16.1. The number of hydrogen-bond acceptors (Lipinski definition) is 3. The van der Waals surface area contributed by atoms with Crippen LogP contribution in [0.5, 0.6) is 0 Å². The van der Waals surface area contributed by atoms with Gasteiger partial charge in [-0.25, -0.2) is 0 Å². The van der Waals surface area contributed by atoms with E-state index in [0.717, 1.165) is 6.42 Å². The van der Waals surface area contributed by atoms with E-state index in [1.807, 2.05) is 20.8 Å². The van der Waals surface area contributed by atoms with Crippen molar-refractivity contribution in [1.82, 2.24) is 0 Å². The monoisotopic (exact) mass is 214 g/mol. The van der Waals surface area contributed by atoms with Crippen molar-refractivity contribution in [2.45, 2.75) is 39.7 Å². The van der Waals surface area contributed by atoms with Crippen LogP contribution in [0.1, 0.15) is 33.6 Å². The van der Waals surface area contributed by atoms with Gasteiger partial charge in [0.2, 0.25) is 0 Å². The predicted octanol–water partition coefficient (Wildman–Crippen LogP) is -0.0175. The zero-order valence-corrected chi connectivity index (χ0v) is 9.79. The van der Waals surface area contributed by atoms with Gasteiger partial charge in [-0.2, -0.15) is 0 Å². The standard InChI is InChI=1S/C10H22N4O/c1-10(2,3)8(15)7(11)5-4-6-14-9(12)13/h7H,4-6,11H2,1-3H3,(H4,12,13,14). The maximum absolute atomic E-state index is 11.7. The van der Waals surface area contributed by atoms with Crippen molar-refractivity contribution in [3.05, 3.63) is 0 Å². The molecule has 5 heteroatoms. The van der Waals surface area contributed by atoms with Crippen LogP contribution in [0.15, 0.2) is 4.99 Å². The van der Waals surface area contributed by atoms with Gasteiger partial charge in [-0.1, -0.05) is 20.8 Å². The molecule has 0 aliphatic rings. The van der Waals surface area contributed by atoms with Crippen LogP contribution >= 0.6 is 0 Å². The second kappa shape index (κ2) is 5.70. The zero-order chi connectivity index (χ0) is 12.1. The Bertz CT molecular complexity index is 238. The fourth-order valence-corrected chi connectivity index (χ4v) is 1.21. The van der Waals surface area contributed by atoms with Crippen molar-refractivity contribution in [1.29, 1.82) is 0 Å². The number of hydrogen-bond donors (Lipinski definition) is 3. The van der Waals surface area contributed by atoms with E-state index in [2.05, 4.69) is 4.99 Å². The molecule has 0 aliphatic carbocycles. The SMILES string of the molecule is CC(C)(C)C(=O)C(N)CCCN=C(N)N. The molecule has 0 heterocycles. The minimum atomic E-state index is -0.417. The summed E-state index contributed by atoms with van der Waals surface area (Å²) in [6, 6.07) is -0.417. The second-order valence-electron chi connectivity index (χ2n) is 4.67. The molecule has 1 unspecified atom stereocenters. The van der Waals surface area contributed by atoms with E-state index in [-0.39, 0.29) is 17.2 Å². The minimum Gasteiger partial charge on any atom is -0.370 e. The number of rotatable bonds is 5. The van der Waals surface area contributed by atoms with Crippen LogP contribution in [0.25, 0.3) is 0 Å². The number of nitrogens with zero attached hydrogens (tertiary/aromatic N) is 1. The lowest BCUT2D eigenvalue weighted by molar-refractivity contribution is -0.127. The quantitative estimate of drug-likeness (QED) is 0.339. The Labute approximate surface area is 91.1 Å². The van der Waals surface area contributed by atoms with Crippen LogP contribution in [-0.2, 0) is 4.79 Å². The highest BCUT2D eigenvalue weighted by Gasteiger charge is 2.26. The first kappa shape index (κ1) is 13.9. The smallest absolute Gasteiger partial charge is 0.185 e. The number of carbonyl (C=O) groups is 1. The third-order valence-electron chi connectivity index (χ3n) is 2.04. The van der Waals surface area contributed by atoms with E-state index in [4.69, 9.17) is 17.2 Å². The van der Waals surface area contributed by atoms with E-state index < -0.39 is 6.04 Å². The molecule has 0 aromatic rings. The molecule has 0 aromatic carbocycles. The molecule has 0 bridgehead atoms. The number of ketones is 1. The first-order valence-electron chi connectivity index (χ1n) is 5.10. The van der Waals surface area contributed by atoms with E-state index in [1.54, 1.807) is 0 Å². The van der Waals surface area contributed by atoms with Crippen LogP contribution in [0, 0.1) is 5.41 Å². The maximum atomic E-state index is 11.7. The van der Waals surface area contributed by atoms with E-state index in [9.17, 15) is 4.79 Å². The van der Waals surface area contributed by atoms with Crippen molar-refractivity contribution < 1.29 is 4.79 Å². The molecule has 0 saturated heterocycles. The first-order valence-corrected chi connectivity index (χ1v) is 5.10. The number of nitrogens with two attached hydrogens (primary N) is 3. The lowest BCUT2D eigenvalue weighted by atomic mass is 9.85. The first-order chi connectivity index (χ1) is 6.75. The van der Waals surface area contributed by atoms with Gasteiger partial charge in [0.25, 0.3) is 0 Å². The summed E-state index contributed by atoms with van der Waals surface area (Å²) in [6.45, 7) is 6.12. The highest BCUT2D eigenvalue weighted by Crippen LogP contribution is 2.17. The Kier molecular flexibility index (Phi) is 5.28. The average Bonchev–Trinajstić information content (AvgIpc) is 2.09. The largest absolute Gasteiger partial charge is 0.370 e. The Hall–Kier alpha value is -1.10. The molecular formula is C10H22N4O. The summed E-state index contributed by atoms with van der Waals surface area (Å²) >= 11 is 0. The molecule has 88 valence electrons. The minimum absolute atomic E-state index is 0.0747. The highest BCUT2D eigenvalue weighted by molar-refractivity contribution is 5.88. The molecule has 6 N–H and O–H groups in total. The van der Waals surface area contributed by atoms with E-state index in [0.29, 0.717) is 13.0 Å². The number of carbonyl (C=O) groups excluding carboxylic acids is 1. The topological polar surface area (TPSA) is 107 Å². The van der Waals surface area contributed by atoms with E-state index >= 15 is 0 Å². The van der Waals surface area contributed by atoms with Crippen LogP contribution in [0.2, 0.25) is 0 Å². The number of aliphatic imine (C=N–C) groups is 1. The third-order valence-corrected chi connectivity index (χ3v) is 2.04. The molecule has 0 aromatic heterocycles. The second-order valence-corrected chi connectivity index (χ2v) is 4.67. The van der Waals surface area contributed by atoms with Gasteiger partial charge in [-0.3, -0.25) is 9.79 Å². The third kappa shape index (κ3) is 6.06.